The highest BCUT2D eigenvalue weighted by atomic mass is 16.5. The van der Waals surface area contributed by atoms with Crippen LogP contribution in [0.25, 0.3) is 0 Å². The van der Waals surface area contributed by atoms with Gasteiger partial charge >= 0.3 is 0 Å². The van der Waals surface area contributed by atoms with E-state index in [9.17, 15) is 24.6 Å². The third-order valence-corrected chi connectivity index (χ3v) is 6.44. The summed E-state index contributed by atoms with van der Waals surface area (Å²) in [6, 6.07) is 2.32. The predicted octanol–water partition coefficient (Wildman–Crippen LogP) is 1.04. The van der Waals surface area contributed by atoms with Crippen LogP contribution >= 0.6 is 0 Å². The highest BCUT2D eigenvalue weighted by Gasteiger charge is 2.51. The molecule has 0 bridgehead atoms. The van der Waals surface area contributed by atoms with Gasteiger partial charge in [0.2, 0.25) is 11.8 Å². The number of hydrogen-bond donors (Lipinski definition) is 3. The number of nitrogens with zero attached hydrogens (tertiary/aromatic N) is 1. The minimum Gasteiger partial charge on any atom is -0.493 e. The molecule has 0 spiro atoms. The molecule has 1 aliphatic carbocycles. The normalized spacial score (nSPS) is 22.2. The van der Waals surface area contributed by atoms with Crippen molar-refractivity contribution in [2.24, 2.45) is 5.92 Å². The van der Waals surface area contributed by atoms with Gasteiger partial charge in [-0.3, -0.25) is 14.4 Å². The number of methoxy groups -OCH3 is 1. The second-order valence-electron chi connectivity index (χ2n) is 9.14. The van der Waals surface area contributed by atoms with Crippen molar-refractivity contribution >= 4 is 18.1 Å². The minimum absolute atomic E-state index is 0.0369. The molecule has 10 heteroatoms. The summed E-state index contributed by atoms with van der Waals surface area (Å²) in [5.41, 5.74) is 1.18. The van der Waals surface area contributed by atoms with Crippen molar-refractivity contribution in [3.63, 3.8) is 0 Å². The number of hydrogen-bond acceptors (Lipinski definition) is 8. The molecule has 0 aromatic heterocycles. The first-order chi connectivity index (χ1) is 17.3. The summed E-state index contributed by atoms with van der Waals surface area (Å²) in [6.07, 6.45) is 0.791. The van der Waals surface area contributed by atoms with E-state index in [1.165, 1.54) is 13.2 Å². The van der Waals surface area contributed by atoms with Crippen molar-refractivity contribution in [2.75, 3.05) is 40.0 Å². The number of carbonyl (C=O) groups is 3. The zero-order valence-corrected chi connectivity index (χ0v) is 21.2. The lowest BCUT2D eigenvalue weighted by atomic mass is 9.77. The maximum Gasteiger partial charge on any atom is 0.247 e. The van der Waals surface area contributed by atoms with Crippen LogP contribution in [-0.2, 0) is 14.3 Å². The SMILES string of the molecule is CCOCCCN(C(=O)C(C)C)C1C=C(C(=O)NCCO)C2c3cc(C=O)cc(OC)c3OC2C1O. The van der Waals surface area contributed by atoms with E-state index in [-0.39, 0.29) is 25.0 Å². The highest BCUT2D eigenvalue weighted by molar-refractivity contribution is 5.96. The minimum atomic E-state index is -1.16. The van der Waals surface area contributed by atoms with Gasteiger partial charge in [-0.05, 0) is 31.6 Å². The molecule has 2 aliphatic rings. The van der Waals surface area contributed by atoms with Crippen LogP contribution in [0.3, 0.4) is 0 Å². The van der Waals surface area contributed by atoms with Gasteiger partial charge in [0, 0.05) is 48.9 Å². The molecule has 0 radical (unpaired) electrons. The number of carbonyl (C=O) groups excluding carboxylic acids is 3. The summed E-state index contributed by atoms with van der Waals surface area (Å²) >= 11 is 0. The van der Waals surface area contributed by atoms with Crippen LogP contribution < -0.4 is 14.8 Å². The molecule has 3 rings (SSSR count). The van der Waals surface area contributed by atoms with Gasteiger partial charge in [-0.25, -0.2) is 0 Å². The van der Waals surface area contributed by atoms with Crippen molar-refractivity contribution in [2.45, 2.75) is 51.4 Å². The lowest BCUT2D eigenvalue weighted by molar-refractivity contribution is -0.140. The van der Waals surface area contributed by atoms with Gasteiger partial charge in [0.05, 0.1) is 25.7 Å². The summed E-state index contributed by atoms with van der Waals surface area (Å²) in [7, 11) is 1.45. The van der Waals surface area contributed by atoms with Crippen LogP contribution in [0, 0.1) is 5.92 Å². The van der Waals surface area contributed by atoms with Gasteiger partial charge in [0.25, 0.3) is 0 Å². The van der Waals surface area contributed by atoms with Crippen LogP contribution in [0.2, 0.25) is 0 Å². The number of nitrogens with one attached hydrogen (secondary N) is 1. The summed E-state index contributed by atoms with van der Waals surface area (Å²) < 4.78 is 17.0. The van der Waals surface area contributed by atoms with E-state index >= 15 is 0 Å². The average molecular weight is 505 g/mol. The number of ether oxygens (including phenoxy) is 3. The number of aldehydes is 1. The first-order valence-electron chi connectivity index (χ1n) is 12.3. The van der Waals surface area contributed by atoms with E-state index in [1.54, 1.807) is 30.9 Å². The van der Waals surface area contributed by atoms with Gasteiger partial charge in [0.1, 0.15) is 18.5 Å². The fraction of sp³-hybridized carbons (Fsp3) is 0.577. The van der Waals surface area contributed by atoms with Crippen molar-refractivity contribution < 1.29 is 38.8 Å². The number of rotatable bonds is 12. The quantitative estimate of drug-likeness (QED) is 0.284. The van der Waals surface area contributed by atoms with E-state index in [0.29, 0.717) is 60.7 Å². The maximum atomic E-state index is 13.2. The number of amides is 2. The molecule has 10 nitrogen and oxygen atoms in total. The molecule has 2 amide bonds. The van der Waals surface area contributed by atoms with Gasteiger partial charge in [-0.1, -0.05) is 13.8 Å². The lowest BCUT2D eigenvalue weighted by Crippen LogP contribution is -2.56. The monoisotopic (exact) mass is 504 g/mol. The molecule has 0 saturated heterocycles. The summed E-state index contributed by atoms with van der Waals surface area (Å²) in [4.78, 5) is 39.6. The molecule has 1 aromatic carbocycles. The molecule has 1 aliphatic heterocycles. The Balaban J connectivity index is 2.08. The van der Waals surface area contributed by atoms with Gasteiger partial charge in [-0.15, -0.1) is 0 Å². The lowest BCUT2D eigenvalue weighted by Gasteiger charge is -2.41. The van der Waals surface area contributed by atoms with Gasteiger partial charge in [0.15, 0.2) is 11.5 Å². The Morgan fingerprint density at radius 2 is 2.06 bits per heavy atom. The van der Waals surface area contributed by atoms with Gasteiger partial charge < -0.3 is 34.6 Å². The summed E-state index contributed by atoms with van der Waals surface area (Å²) in [5, 5.41) is 23.4. The summed E-state index contributed by atoms with van der Waals surface area (Å²) in [5.74, 6) is -0.991. The van der Waals surface area contributed by atoms with Crippen LogP contribution in [0.15, 0.2) is 23.8 Å². The zero-order valence-electron chi connectivity index (χ0n) is 21.2. The van der Waals surface area contributed by atoms with E-state index in [0.717, 1.165) is 0 Å². The topological polar surface area (TPSA) is 135 Å². The summed E-state index contributed by atoms with van der Waals surface area (Å²) in [6.45, 7) is 6.57. The fourth-order valence-electron chi connectivity index (χ4n) is 4.78. The molecular formula is C26H36N2O8. The molecule has 0 fully saturated rings. The van der Waals surface area contributed by atoms with Crippen molar-refractivity contribution in [3.05, 3.63) is 34.9 Å². The first-order valence-corrected chi connectivity index (χ1v) is 12.3. The largest absolute Gasteiger partial charge is 0.493 e. The Bertz CT molecular complexity index is 992. The Morgan fingerprint density at radius 3 is 2.67 bits per heavy atom. The Hall–Kier alpha value is -2.95. The predicted molar refractivity (Wildman–Crippen MR) is 131 cm³/mol. The average Bonchev–Trinajstić information content (AvgIpc) is 3.27. The van der Waals surface area contributed by atoms with Crippen LogP contribution in [-0.4, -0.2) is 91.5 Å². The van der Waals surface area contributed by atoms with Gasteiger partial charge in [-0.2, -0.15) is 0 Å². The van der Waals surface area contributed by atoms with E-state index in [4.69, 9.17) is 14.2 Å². The van der Waals surface area contributed by atoms with Crippen molar-refractivity contribution in [3.8, 4) is 11.5 Å². The first kappa shape index (κ1) is 27.6. The zero-order chi connectivity index (χ0) is 26.4. The molecule has 3 N–H and O–H groups in total. The molecule has 36 heavy (non-hydrogen) atoms. The Kier molecular flexibility index (Phi) is 9.47. The molecule has 0 saturated carbocycles. The molecular weight excluding hydrogens is 468 g/mol. The fourth-order valence-corrected chi connectivity index (χ4v) is 4.78. The van der Waals surface area contributed by atoms with Crippen molar-refractivity contribution in [1.29, 1.82) is 0 Å². The second-order valence-corrected chi connectivity index (χ2v) is 9.14. The molecule has 1 aromatic rings. The second kappa shape index (κ2) is 12.3. The van der Waals surface area contributed by atoms with Crippen LogP contribution in [0.4, 0.5) is 0 Å². The maximum absolute atomic E-state index is 13.2. The van der Waals surface area contributed by atoms with E-state index < -0.39 is 30.1 Å². The number of aliphatic hydroxyl groups excluding tert-OH is 2. The van der Waals surface area contributed by atoms with Crippen LogP contribution in [0.5, 0.6) is 11.5 Å². The number of aliphatic hydroxyl groups is 2. The van der Waals surface area contributed by atoms with E-state index in [2.05, 4.69) is 5.32 Å². The third kappa shape index (κ3) is 5.55. The molecule has 198 valence electrons. The molecule has 4 atom stereocenters. The third-order valence-electron chi connectivity index (χ3n) is 6.44. The molecule has 4 unspecified atom stereocenters. The van der Waals surface area contributed by atoms with E-state index in [1.807, 2.05) is 6.92 Å². The standard InChI is InChI=1S/C26H36N2O8/c1-5-35-10-6-8-28(26(33)15(2)3)19-13-18(25(32)27-7-9-29)21-17-11-16(14-30)12-20(34-4)23(17)36-24(21)22(19)31/h11-15,19,21-22,24,29,31H,5-10H2,1-4H3,(H,27,32). The Labute approximate surface area is 211 Å². The number of benzene rings is 1. The smallest absolute Gasteiger partial charge is 0.247 e. The van der Waals surface area contributed by atoms with Crippen molar-refractivity contribution in [1.82, 2.24) is 10.2 Å². The molecule has 1 heterocycles. The number of fused-ring (bicyclic) bond motifs is 3. The highest BCUT2D eigenvalue weighted by Crippen LogP contribution is 2.51. The Morgan fingerprint density at radius 1 is 1.31 bits per heavy atom. The van der Waals surface area contributed by atoms with Crippen LogP contribution in [0.1, 0.15) is 49.0 Å².